The molecule has 0 bridgehead atoms. The zero-order valence-electron chi connectivity index (χ0n) is 13.2. The Hall–Kier alpha value is -1.26. The quantitative estimate of drug-likeness (QED) is 0.769. The van der Waals surface area contributed by atoms with Crippen LogP contribution in [0.5, 0.6) is 11.5 Å². The maximum Gasteiger partial charge on any atom is 0.123 e. The molecule has 0 saturated heterocycles. The molecule has 1 rings (SSSR count). The summed E-state index contributed by atoms with van der Waals surface area (Å²) in [4.78, 5) is 0. The monoisotopic (exact) mass is 281 g/mol. The molecule has 0 heterocycles. The van der Waals surface area contributed by atoms with Crippen LogP contribution in [0, 0.1) is 5.41 Å². The lowest BCUT2D eigenvalue weighted by Crippen LogP contribution is -2.35. The summed E-state index contributed by atoms with van der Waals surface area (Å²) in [7, 11) is 3.32. The van der Waals surface area contributed by atoms with Crippen LogP contribution in [0.25, 0.3) is 0 Å². The fourth-order valence-electron chi connectivity index (χ4n) is 1.98. The van der Waals surface area contributed by atoms with Crippen molar-refractivity contribution in [3.63, 3.8) is 0 Å². The molecule has 20 heavy (non-hydrogen) atoms. The van der Waals surface area contributed by atoms with Crippen LogP contribution in [-0.4, -0.2) is 32.5 Å². The number of hydrogen-bond donors (Lipinski definition) is 2. The van der Waals surface area contributed by atoms with Crippen molar-refractivity contribution in [3.8, 4) is 11.5 Å². The number of aliphatic hydroxyl groups excluding tert-OH is 1. The Labute approximate surface area is 122 Å². The first kappa shape index (κ1) is 16.8. The summed E-state index contributed by atoms with van der Waals surface area (Å²) in [5, 5.41) is 12.9. The Morgan fingerprint density at radius 2 is 2.00 bits per heavy atom. The van der Waals surface area contributed by atoms with Gasteiger partial charge in [0.1, 0.15) is 11.5 Å². The van der Waals surface area contributed by atoms with Crippen molar-refractivity contribution in [1.29, 1.82) is 0 Å². The standard InChI is InChI=1S/C16H27NO3/c1-6-16(3,11-18)10-17-12(2)14-9-13(19-4)7-8-15(14)20-5/h7-9,12,17-18H,6,10-11H2,1-5H3. The molecule has 4 nitrogen and oxygen atoms in total. The summed E-state index contributed by atoms with van der Waals surface area (Å²) in [6.07, 6.45) is 0.929. The van der Waals surface area contributed by atoms with Crippen LogP contribution in [0.3, 0.4) is 0 Å². The van der Waals surface area contributed by atoms with Gasteiger partial charge in [-0.3, -0.25) is 0 Å². The lowest BCUT2D eigenvalue weighted by Gasteiger charge is -2.28. The van der Waals surface area contributed by atoms with Crippen molar-refractivity contribution in [1.82, 2.24) is 5.32 Å². The Balaban J connectivity index is 2.83. The number of methoxy groups -OCH3 is 2. The van der Waals surface area contributed by atoms with Crippen molar-refractivity contribution >= 4 is 0 Å². The van der Waals surface area contributed by atoms with E-state index in [0.29, 0.717) is 0 Å². The average molecular weight is 281 g/mol. The van der Waals surface area contributed by atoms with Crippen molar-refractivity contribution in [3.05, 3.63) is 23.8 Å². The molecule has 2 atom stereocenters. The van der Waals surface area contributed by atoms with E-state index in [-0.39, 0.29) is 18.1 Å². The molecule has 0 aromatic heterocycles. The SMILES string of the molecule is CCC(C)(CO)CNC(C)c1cc(OC)ccc1OC. The van der Waals surface area contributed by atoms with Crippen LogP contribution in [-0.2, 0) is 0 Å². The van der Waals surface area contributed by atoms with Crippen molar-refractivity contribution in [2.24, 2.45) is 5.41 Å². The topological polar surface area (TPSA) is 50.7 Å². The van der Waals surface area contributed by atoms with E-state index >= 15 is 0 Å². The minimum atomic E-state index is -0.0969. The first-order chi connectivity index (χ1) is 9.49. The third-order valence-corrected chi connectivity index (χ3v) is 3.97. The summed E-state index contributed by atoms with van der Waals surface area (Å²) in [6, 6.07) is 5.91. The van der Waals surface area contributed by atoms with Crippen LogP contribution >= 0.6 is 0 Å². The Morgan fingerprint density at radius 3 is 2.50 bits per heavy atom. The Kier molecular flexibility index (Phi) is 6.30. The number of ether oxygens (including phenoxy) is 2. The number of hydrogen-bond acceptors (Lipinski definition) is 4. The van der Waals surface area contributed by atoms with Gasteiger partial charge in [0, 0.05) is 30.2 Å². The smallest absolute Gasteiger partial charge is 0.123 e. The van der Waals surface area contributed by atoms with Gasteiger partial charge in [0.2, 0.25) is 0 Å². The first-order valence-electron chi connectivity index (χ1n) is 7.06. The lowest BCUT2D eigenvalue weighted by molar-refractivity contribution is 0.132. The maximum atomic E-state index is 9.47. The van der Waals surface area contributed by atoms with Crippen LogP contribution in [0.4, 0.5) is 0 Å². The van der Waals surface area contributed by atoms with Gasteiger partial charge in [-0.2, -0.15) is 0 Å². The first-order valence-corrected chi connectivity index (χ1v) is 7.06. The van der Waals surface area contributed by atoms with E-state index in [9.17, 15) is 5.11 Å². The second kappa shape index (κ2) is 7.50. The average Bonchev–Trinajstić information content (AvgIpc) is 2.51. The van der Waals surface area contributed by atoms with Gasteiger partial charge >= 0.3 is 0 Å². The predicted octanol–water partition coefficient (Wildman–Crippen LogP) is 2.76. The van der Waals surface area contributed by atoms with Gasteiger partial charge in [0.05, 0.1) is 14.2 Å². The highest BCUT2D eigenvalue weighted by molar-refractivity contribution is 5.42. The lowest BCUT2D eigenvalue weighted by atomic mass is 9.88. The van der Waals surface area contributed by atoms with Crippen LogP contribution in [0.1, 0.15) is 38.8 Å². The minimum absolute atomic E-state index is 0.0969. The van der Waals surface area contributed by atoms with E-state index in [1.165, 1.54) is 0 Å². The van der Waals surface area contributed by atoms with Crippen molar-refractivity contribution in [2.75, 3.05) is 27.4 Å². The zero-order chi connectivity index (χ0) is 15.2. The summed E-state index contributed by atoms with van der Waals surface area (Å²) in [5.41, 5.74) is 0.962. The van der Waals surface area contributed by atoms with E-state index < -0.39 is 0 Å². The van der Waals surface area contributed by atoms with E-state index in [1.54, 1.807) is 14.2 Å². The highest BCUT2D eigenvalue weighted by atomic mass is 16.5. The molecule has 0 saturated carbocycles. The molecule has 0 aliphatic carbocycles. The van der Waals surface area contributed by atoms with E-state index in [1.807, 2.05) is 18.2 Å². The van der Waals surface area contributed by atoms with Gasteiger partial charge in [-0.15, -0.1) is 0 Å². The molecule has 114 valence electrons. The largest absolute Gasteiger partial charge is 0.497 e. The summed E-state index contributed by atoms with van der Waals surface area (Å²) < 4.78 is 10.7. The number of rotatable bonds is 8. The molecule has 1 aromatic rings. The molecule has 0 radical (unpaired) electrons. The third-order valence-electron chi connectivity index (χ3n) is 3.97. The van der Waals surface area contributed by atoms with Crippen LogP contribution in [0.2, 0.25) is 0 Å². The molecule has 0 aliphatic rings. The number of nitrogens with one attached hydrogen (secondary N) is 1. The normalized spacial score (nSPS) is 15.5. The molecular formula is C16H27NO3. The number of benzene rings is 1. The van der Waals surface area contributed by atoms with Crippen molar-refractivity contribution in [2.45, 2.75) is 33.2 Å². The molecule has 0 spiro atoms. The minimum Gasteiger partial charge on any atom is -0.497 e. The van der Waals surface area contributed by atoms with Crippen molar-refractivity contribution < 1.29 is 14.6 Å². The van der Waals surface area contributed by atoms with Gasteiger partial charge < -0.3 is 19.9 Å². The number of aliphatic hydroxyl groups is 1. The Morgan fingerprint density at radius 1 is 1.30 bits per heavy atom. The fraction of sp³-hybridized carbons (Fsp3) is 0.625. The molecule has 4 heteroatoms. The van der Waals surface area contributed by atoms with Gasteiger partial charge in [0.15, 0.2) is 0 Å². The molecule has 0 fully saturated rings. The molecule has 2 N–H and O–H groups in total. The Bertz CT molecular complexity index is 416. The summed E-state index contributed by atoms with van der Waals surface area (Å²) >= 11 is 0. The van der Waals surface area contributed by atoms with Crippen LogP contribution in [0.15, 0.2) is 18.2 Å². The predicted molar refractivity (Wildman–Crippen MR) is 81.4 cm³/mol. The molecular weight excluding hydrogens is 254 g/mol. The second-order valence-corrected chi connectivity index (χ2v) is 5.53. The second-order valence-electron chi connectivity index (χ2n) is 5.53. The third kappa shape index (κ3) is 4.12. The molecule has 0 amide bonds. The fourth-order valence-corrected chi connectivity index (χ4v) is 1.98. The van der Waals surface area contributed by atoms with Gasteiger partial charge in [-0.1, -0.05) is 13.8 Å². The molecule has 0 aliphatic heterocycles. The summed E-state index contributed by atoms with van der Waals surface area (Å²) in [5.74, 6) is 1.66. The zero-order valence-corrected chi connectivity index (χ0v) is 13.2. The van der Waals surface area contributed by atoms with E-state index in [4.69, 9.17) is 9.47 Å². The highest BCUT2D eigenvalue weighted by Gasteiger charge is 2.22. The van der Waals surface area contributed by atoms with Gasteiger partial charge in [0.25, 0.3) is 0 Å². The summed E-state index contributed by atoms with van der Waals surface area (Å²) in [6.45, 7) is 7.19. The highest BCUT2D eigenvalue weighted by Crippen LogP contribution is 2.30. The van der Waals surface area contributed by atoms with Crippen LogP contribution < -0.4 is 14.8 Å². The molecule has 2 unspecified atom stereocenters. The maximum absolute atomic E-state index is 9.47. The van der Waals surface area contributed by atoms with Gasteiger partial charge in [-0.05, 0) is 31.5 Å². The van der Waals surface area contributed by atoms with Gasteiger partial charge in [-0.25, -0.2) is 0 Å². The van der Waals surface area contributed by atoms with E-state index in [2.05, 4.69) is 26.1 Å². The van der Waals surface area contributed by atoms with E-state index in [0.717, 1.165) is 30.0 Å². The molecule has 1 aromatic carbocycles.